The van der Waals surface area contributed by atoms with Crippen LogP contribution in [0.1, 0.15) is 10.4 Å². The number of primary amides is 1. The fourth-order valence-corrected chi connectivity index (χ4v) is 2.72. The largest absolute Gasteiger partial charge is 0.496 e. The Morgan fingerprint density at radius 1 is 1.19 bits per heavy atom. The van der Waals surface area contributed by atoms with Crippen LogP contribution in [-0.4, -0.2) is 29.2 Å². The van der Waals surface area contributed by atoms with E-state index in [1.54, 1.807) is 30.5 Å². The minimum atomic E-state index is -1.22. The number of nitrogens with zero attached hydrogens (tertiary/aromatic N) is 1. The third-order valence-corrected chi connectivity index (χ3v) is 4.01. The lowest BCUT2D eigenvalue weighted by Crippen LogP contribution is -2.12. The van der Waals surface area contributed by atoms with Gasteiger partial charge in [-0.3, -0.25) is 15.1 Å². The summed E-state index contributed by atoms with van der Waals surface area (Å²) >= 11 is 6.07. The number of nitrogens with one attached hydrogen (secondary N) is 1. The van der Waals surface area contributed by atoms with Crippen molar-refractivity contribution in [1.82, 2.24) is 4.98 Å². The molecule has 3 aromatic rings. The number of anilines is 1. The number of benzene rings is 2. The molecule has 1 heterocycles. The first-order valence-corrected chi connectivity index (χ1v) is 8.00. The monoisotopic (exact) mass is 387 g/mol. The molecule has 4 N–H and O–H groups in total. The van der Waals surface area contributed by atoms with Crippen molar-refractivity contribution >= 4 is 40.2 Å². The molecule has 0 radical (unpaired) electrons. The zero-order valence-corrected chi connectivity index (χ0v) is 14.8. The van der Waals surface area contributed by atoms with Crippen molar-refractivity contribution in [2.75, 3.05) is 12.4 Å². The van der Waals surface area contributed by atoms with Gasteiger partial charge in [0.2, 0.25) is 0 Å². The lowest BCUT2D eigenvalue weighted by molar-refractivity contribution is 0.0997. The van der Waals surface area contributed by atoms with Crippen LogP contribution in [0.3, 0.4) is 0 Å². The Balaban J connectivity index is 2.02. The number of nitrogens with two attached hydrogens (primary N) is 1. The van der Waals surface area contributed by atoms with Crippen LogP contribution in [0, 0.1) is 0 Å². The van der Waals surface area contributed by atoms with Crippen LogP contribution in [0.2, 0.25) is 5.02 Å². The van der Waals surface area contributed by atoms with Gasteiger partial charge < -0.3 is 20.3 Å². The first-order valence-electron chi connectivity index (χ1n) is 7.63. The third-order valence-electron chi connectivity index (χ3n) is 3.70. The normalized spacial score (nSPS) is 10.4. The molecule has 3 rings (SSSR count). The quantitative estimate of drug-likeness (QED) is 0.610. The van der Waals surface area contributed by atoms with E-state index in [9.17, 15) is 9.59 Å². The minimum Gasteiger partial charge on any atom is -0.496 e. The molecule has 0 unspecified atom stereocenters. The molecule has 0 bridgehead atoms. The van der Waals surface area contributed by atoms with E-state index < -0.39 is 12.0 Å². The zero-order valence-electron chi connectivity index (χ0n) is 14.0. The lowest BCUT2D eigenvalue weighted by Gasteiger charge is -2.12. The van der Waals surface area contributed by atoms with Crippen molar-refractivity contribution in [1.29, 1.82) is 0 Å². The molecule has 0 saturated carbocycles. The van der Waals surface area contributed by atoms with Crippen molar-refractivity contribution in [2.24, 2.45) is 5.73 Å². The summed E-state index contributed by atoms with van der Waals surface area (Å²) in [5.74, 6) is 0.461. The van der Waals surface area contributed by atoms with Crippen LogP contribution in [0.25, 0.3) is 10.9 Å². The number of halogens is 1. The second-order valence-electron chi connectivity index (χ2n) is 5.42. The Labute approximate surface area is 158 Å². The first kappa shape index (κ1) is 18.3. The SMILES string of the molecule is COc1cc2nccc(Oc3ccc(NC(=O)O)c(Cl)c3)c2cc1C(N)=O. The smallest absolute Gasteiger partial charge is 0.409 e. The number of carbonyl (C=O) groups excluding carboxylic acids is 1. The number of carboxylic acid groups (broad SMARTS) is 1. The second-order valence-corrected chi connectivity index (χ2v) is 5.82. The molecule has 0 fully saturated rings. The van der Waals surface area contributed by atoms with Crippen molar-refractivity contribution < 1.29 is 24.2 Å². The number of aromatic nitrogens is 1. The van der Waals surface area contributed by atoms with Crippen molar-refractivity contribution in [3.8, 4) is 17.2 Å². The van der Waals surface area contributed by atoms with Gasteiger partial charge in [0, 0.05) is 23.7 Å². The summed E-state index contributed by atoms with van der Waals surface area (Å²) in [7, 11) is 1.43. The van der Waals surface area contributed by atoms with Gasteiger partial charge in [-0.25, -0.2) is 4.79 Å². The highest BCUT2D eigenvalue weighted by molar-refractivity contribution is 6.33. The summed E-state index contributed by atoms with van der Waals surface area (Å²) in [4.78, 5) is 26.6. The maximum atomic E-state index is 11.7. The van der Waals surface area contributed by atoms with E-state index in [1.165, 1.54) is 19.2 Å². The molecular formula is C18H14ClN3O5. The van der Waals surface area contributed by atoms with E-state index in [1.807, 2.05) is 0 Å². The predicted molar refractivity (Wildman–Crippen MR) is 100.0 cm³/mol. The van der Waals surface area contributed by atoms with Gasteiger partial charge in [0.25, 0.3) is 5.91 Å². The number of rotatable bonds is 5. The maximum Gasteiger partial charge on any atom is 0.409 e. The summed E-state index contributed by atoms with van der Waals surface area (Å²) in [5, 5.41) is 11.7. The van der Waals surface area contributed by atoms with Crippen LogP contribution in [0.15, 0.2) is 42.6 Å². The van der Waals surface area contributed by atoms with Crippen LogP contribution < -0.4 is 20.5 Å². The molecule has 0 aliphatic rings. The van der Waals surface area contributed by atoms with E-state index in [2.05, 4.69) is 10.3 Å². The molecule has 0 saturated heterocycles. The summed E-state index contributed by atoms with van der Waals surface area (Å²) < 4.78 is 11.0. The fraction of sp³-hybridized carbons (Fsp3) is 0.0556. The highest BCUT2D eigenvalue weighted by Gasteiger charge is 2.15. The van der Waals surface area contributed by atoms with Gasteiger partial charge in [0.1, 0.15) is 17.2 Å². The predicted octanol–water partition coefficient (Wildman–Crippen LogP) is 3.88. The Morgan fingerprint density at radius 3 is 2.59 bits per heavy atom. The number of hydrogen-bond acceptors (Lipinski definition) is 5. The summed E-state index contributed by atoms with van der Waals surface area (Å²) in [6.45, 7) is 0. The first-order chi connectivity index (χ1) is 12.9. The fourth-order valence-electron chi connectivity index (χ4n) is 2.50. The molecule has 138 valence electrons. The van der Waals surface area contributed by atoms with E-state index in [0.29, 0.717) is 28.2 Å². The average molecular weight is 388 g/mol. The van der Waals surface area contributed by atoms with Gasteiger partial charge in [0.15, 0.2) is 0 Å². The molecule has 0 aliphatic carbocycles. The van der Waals surface area contributed by atoms with E-state index in [4.69, 9.17) is 31.9 Å². The van der Waals surface area contributed by atoms with Crippen LogP contribution in [0.5, 0.6) is 17.2 Å². The zero-order chi connectivity index (χ0) is 19.6. The Bertz CT molecular complexity index is 1050. The molecule has 9 heteroatoms. The van der Waals surface area contributed by atoms with E-state index >= 15 is 0 Å². The number of carbonyl (C=O) groups is 2. The van der Waals surface area contributed by atoms with Crippen molar-refractivity contribution in [3.05, 3.63) is 53.2 Å². The summed E-state index contributed by atoms with van der Waals surface area (Å²) in [6.07, 6.45) is 0.321. The summed E-state index contributed by atoms with van der Waals surface area (Å²) in [5.41, 5.74) is 6.38. The Kier molecular flexibility index (Phi) is 5.00. The van der Waals surface area contributed by atoms with E-state index in [-0.39, 0.29) is 16.3 Å². The van der Waals surface area contributed by atoms with Gasteiger partial charge in [-0.15, -0.1) is 0 Å². The molecule has 0 aliphatic heterocycles. The minimum absolute atomic E-state index is 0.174. The molecule has 27 heavy (non-hydrogen) atoms. The van der Waals surface area contributed by atoms with Gasteiger partial charge in [0.05, 0.1) is 28.9 Å². The van der Waals surface area contributed by atoms with Crippen LogP contribution in [-0.2, 0) is 0 Å². The molecule has 0 spiro atoms. The number of amides is 2. The summed E-state index contributed by atoms with van der Waals surface area (Å²) in [6, 6.07) is 9.26. The number of methoxy groups -OCH3 is 1. The van der Waals surface area contributed by atoms with Crippen LogP contribution >= 0.6 is 11.6 Å². The average Bonchev–Trinajstić information content (AvgIpc) is 2.62. The number of pyridine rings is 1. The van der Waals surface area contributed by atoms with Gasteiger partial charge >= 0.3 is 6.09 Å². The highest BCUT2D eigenvalue weighted by atomic mass is 35.5. The third kappa shape index (κ3) is 3.85. The van der Waals surface area contributed by atoms with Gasteiger partial charge in [-0.05, 0) is 24.3 Å². The molecule has 2 aromatic carbocycles. The molecular weight excluding hydrogens is 374 g/mol. The Morgan fingerprint density at radius 2 is 1.96 bits per heavy atom. The number of ether oxygens (including phenoxy) is 2. The highest BCUT2D eigenvalue weighted by Crippen LogP contribution is 2.35. The lowest BCUT2D eigenvalue weighted by atomic mass is 10.1. The van der Waals surface area contributed by atoms with Gasteiger partial charge in [-0.2, -0.15) is 0 Å². The molecule has 2 amide bonds. The maximum absolute atomic E-state index is 11.7. The molecule has 8 nitrogen and oxygen atoms in total. The number of hydrogen-bond donors (Lipinski definition) is 3. The topological polar surface area (TPSA) is 124 Å². The van der Waals surface area contributed by atoms with Crippen molar-refractivity contribution in [2.45, 2.75) is 0 Å². The molecule has 1 aromatic heterocycles. The van der Waals surface area contributed by atoms with Crippen LogP contribution in [0.4, 0.5) is 10.5 Å². The second kappa shape index (κ2) is 7.38. The van der Waals surface area contributed by atoms with Gasteiger partial charge in [-0.1, -0.05) is 11.6 Å². The number of fused-ring (bicyclic) bond motifs is 1. The standard InChI is InChI=1S/C18H14ClN3O5/c1-26-16-8-14-10(7-11(16)17(20)23)15(4-5-21-14)27-9-2-3-13(12(19)6-9)22-18(24)25/h2-8,22H,1H3,(H2,20,23)(H,24,25). The van der Waals surface area contributed by atoms with Crippen molar-refractivity contribution in [3.63, 3.8) is 0 Å². The Hall–Kier alpha value is -3.52. The van der Waals surface area contributed by atoms with E-state index in [0.717, 1.165) is 0 Å². The molecule has 0 atom stereocenters.